The van der Waals surface area contributed by atoms with Crippen LogP contribution in [-0.4, -0.2) is 36.5 Å². The van der Waals surface area contributed by atoms with Crippen LogP contribution in [0.15, 0.2) is 0 Å². The average molecular weight is 173 g/mol. The van der Waals surface area contributed by atoms with E-state index in [9.17, 15) is 5.11 Å². The molecule has 0 aromatic heterocycles. The quantitative estimate of drug-likeness (QED) is 0.651. The lowest BCUT2D eigenvalue weighted by atomic mass is 9.89. The maximum Gasteiger partial charge on any atom is 0.0715 e. The Labute approximate surface area is 74.1 Å². The monoisotopic (exact) mass is 173 g/mol. The molecule has 0 bridgehead atoms. The molecule has 1 saturated carbocycles. The molecule has 0 unspecified atom stereocenters. The van der Waals surface area contributed by atoms with E-state index in [0.29, 0.717) is 18.7 Å². The molecule has 0 amide bonds. The van der Waals surface area contributed by atoms with Crippen LogP contribution in [0.25, 0.3) is 0 Å². The van der Waals surface area contributed by atoms with Crippen molar-refractivity contribution in [3.8, 4) is 0 Å². The van der Waals surface area contributed by atoms with E-state index < -0.39 is 5.60 Å². The van der Waals surface area contributed by atoms with Crippen LogP contribution in [-0.2, 0) is 4.74 Å². The van der Waals surface area contributed by atoms with Crippen LogP contribution in [0.3, 0.4) is 0 Å². The van der Waals surface area contributed by atoms with Gasteiger partial charge in [-0.15, -0.1) is 0 Å². The molecule has 0 radical (unpaired) electrons. The highest BCUT2D eigenvalue weighted by Crippen LogP contribution is 2.22. The second kappa shape index (κ2) is 3.73. The third kappa shape index (κ3) is 3.09. The lowest BCUT2D eigenvalue weighted by molar-refractivity contribution is 0.00648. The van der Waals surface area contributed by atoms with Gasteiger partial charge in [0, 0.05) is 19.7 Å². The fourth-order valence-corrected chi connectivity index (χ4v) is 1.32. The first-order valence-electron chi connectivity index (χ1n) is 4.50. The van der Waals surface area contributed by atoms with Gasteiger partial charge in [-0.2, -0.15) is 0 Å². The second-order valence-corrected chi connectivity index (χ2v) is 4.22. The summed E-state index contributed by atoms with van der Waals surface area (Å²) in [4.78, 5) is 0. The van der Waals surface area contributed by atoms with Crippen LogP contribution < -0.4 is 5.32 Å². The molecule has 0 heterocycles. The number of hydrogen-bond donors (Lipinski definition) is 2. The number of ether oxygens (including phenoxy) is 1. The number of rotatable bonds is 4. The summed E-state index contributed by atoms with van der Waals surface area (Å²) in [5.74, 6) is 0. The first-order chi connectivity index (χ1) is 5.51. The van der Waals surface area contributed by atoms with Gasteiger partial charge in [-0.05, 0) is 26.7 Å². The molecule has 1 aliphatic carbocycles. The molecule has 3 nitrogen and oxygen atoms in total. The molecule has 1 rings (SSSR count). The summed E-state index contributed by atoms with van der Waals surface area (Å²) in [6, 6.07) is 0.543. The topological polar surface area (TPSA) is 41.5 Å². The summed E-state index contributed by atoms with van der Waals surface area (Å²) in [6.07, 6.45) is 2.59. The number of methoxy groups -OCH3 is 1. The van der Waals surface area contributed by atoms with Crippen LogP contribution in [0.2, 0.25) is 0 Å². The molecule has 0 aromatic rings. The van der Waals surface area contributed by atoms with Crippen LogP contribution >= 0.6 is 0 Å². The zero-order valence-electron chi connectivity index (χ0n) is 8.13. The van der Waals surface area contributed by atoms with E-state index in [1.165, 1.54) is 0 Å². The molecule has 1 aliphatic rings. The number of nitrogens with one attached hydrogen (secondary N) is 1. The minimum atomic E-state index is -0.599. The average Bonchev–Trinajstić information content (AvgIpc) is 1.82. The Morgan fingerprint density at radius 1 is 1.50 bits per heavy atom. The highest BCUT2D eigenvalue weighted by molar-refractivity contribution is 4.87. The Morgan fingerprint density at radius 2 is 2.08 bits per heavy atom. The molecule has 0 spiro atoms. The van der Waals surface area contributed by atoms with E-state index in [4.69, 9.17) is 4.74 Å². The third-order valence-electron chi connectivity index (χ3n) is 2.25. The largest absolute Gasteiger partial charge is 0.389 e. The molecule has 0 aliphatic heterocycles. The molecule has 72 valence electrons. The lowest BCUT2D eigenvalue weighted by Gasteiger charge is -2.36. The highest BCUT2D eigenvalue weighted by atomic mass is 16.5. The lowest BCUT2D eigenvalue weighted by Crippen LogP contribution is -2.49. The summed E-state index contributed by atoms with van der Waals surface area (Å²) < 4.78 is 5.15. The molecule has 3 heteroatoms. The first-order valence-corrected chi connectivity index (χ1v) is 4.50. The molecular formula is C9H19NO2. The fraction of sp³-hybridized carbons (Fsp3) is 1.00. The van der Waals surface area contributed by atoms with E-state index in [1.54, 1.807) is 7.11 Å². The molecule has 1 fully saturated rings. The van der Waals surface area contributed by atoms with Crippen molar-refractivity contribution in [3.63, 3.8) is 0 Å². The number of aliphatic hydroxyl groups is 1. The molecule has 2 N–H and O–H groups in total. The summed E-state index contributed by atoms with van der Waals surface area (Å²) in [7, 11) is 1.75. The van der Waals surface area contributed by atoms with Gasteiger partial charge in [0.05, 0.1) is 11.7 Å². The van der Waals surface area contributed by atoms with Crippen molar-refractivity contribution in [2.75, 3.05) is 13.7 Å². The van der Waals surface area contributed by atoms with Gasteiger partial charge in [-0.1, -0.05) is 0 Å². The van der Waals surface area contributed by atoms with Crippen molar-refractivity contribution in [2.24, 2.45) is 0 Å². The van der Waals surface area contributed by atoms with Crippen molar-refractivity contribution in [1.29, 1.82) is 0 Å². The van der Waals surface area contributed by atoms with Crippen molar-refractivity contribution in [3.05, 3.63) is 0 Å². The normalized spacial score (nSPS) is 30.0. The second-order valence-electron chi connectivity index (χ2n) is 4.22. The molecule has 0 atom stereocenters. The van der Waals surface area contributed by atoms with Gasteiger partial charge in [0.15, 0.2) is 0 Å². The maximum absolute atomic E-state index is 9.42. The third-order valence-corrected chi connectivity index (χ3v) is 2.25. The molecule has 12 heavy (non-hydrogen) atoms. The van der Waals surface area contributed by atoms with E-state index in [0.717, 1.165) is 12.8 Å². The van der Waals surface area contributed by atoms with E-state index in [1.807, 2.05) is 13.8 Å². The van der Waals surface area contributed by atoms with Crippen LogP contribution in [0.4, 0.5) is 0 Å². The zero-order valence-corrected chi connectivity index (χ0v) is 8.13. The molecule has 0 saturated heterocycles. The molecular weight excluding hydrogens is 154 g/mol. The van der Waals surface area contributed by atoms with Gasteiger partial charge in [-0.25, -0.2) is 0 Å². The predicted octanol–water partition coefficient (Wildman–Crippen LogP) is 0.524. The van der Waals surface area contributed by atoms with Crippen molar-refractivity contribution >= 4 is 0 Å². The Bertz CT molecular complexity index is 136. The van der Waals surface area contributed by atoms with Gasteiger partial charge >= 0.3 is 0 Å². The zero-order chi connectivity index (χ0) is 9.19. The summed E-state index contributed by atoms with van der Waals surface area (Å²) in [6.45, 7) is 4.28. The first kappa shape index (κ1) is 9.96. The summed E-state index contributed by atoms with van der Waals surface area (Å²) >= 11 is 0. The van der Waals surface area contributed by atoms with E-state index in [-0.39, 0.29) is 0 Å². The van der Waals surface area contributed by atoms with Gasteiger partial charge in [0.2, 0.25) is 0 Å². The number of hydrogen-bond acceptors (Lipinski definition) is 3. The Balaban J connectivity index is 2.04. The van der Waals surface area contributed by atoms with Crippen LogP contribution in [0.1, 0.15) is 26.7 Å². The van der Waals surface area contributed by atoms with Gasteiger partial charge < -0.3 is 15.2 Å². The maximum atomic E-state index is 9.42. The summed E-state index contributed by atoms with van der Waals surface area (Å²) in [5.41, 5.74) is -0.599. The van der Waals surface area contributed by atoms with Gasteiger partial charge in [-0.3, -0.25) is 0 Å². The SMILES string of the molecule is COC1CC(NCC(C)(C)O)C1. The minimum absolute atomic E-state index is 0.435. The van der Waals surface area contributed by atoms with Crippen molar-refractivity contribution < 1.29 is 9.84 Å². The molecule has 0 aromatic carbocycles. The van der Waals surface area contributed by atoms with Gasteiger partial charge in [0.25, 0.3) is 0 Å². The predicted molar refractivity (Wildman–Crippen MR) is 48.1 cm³/mol. The summed E-state index contributed by atoms with van der Waals surface area (Å²) in [5, 5.41) is 12.7. The Kier molecular flexibility index (Phi) is 3.09. The Morgan fingerprint density at radius 3 is 2.50 bits per heavy atom. The Hall–Kier alpha value is -0.120. The fourth-order valence-electron chi connectivity index (χ4n) is 1.32. The smallest absolute Gasteiger partial charge is 0.0715 e. The van der Waals surface area contributed by atoms with E-state index in [2.05, 4.69) is 5.32 Å². The van der Waals surface area contributed by atoms with Crippen molar-refractivity contribution in [1.82, 2.24) is 5.32 Å². The van der Waals surface area contributed by atoms with Crippen molar-refractivity contribution in [2.45, 2.75) is 44.4 Å². The van der Waals surface area contributed by atoms with Crippen LogP contribution in [0, 0.1) is 0 Å². The highest BCUT2D eigenvalue weighted by Gasteiger charge is 2.29. The standard InChI is InChI=1S/C9H19NO2/c1-9(2,11)6-10-7-4-8(5-7)12-3/h7-8,10-11H,4-6H2,1-3H3. The van der Waals surface area contributed by atoms with Gasteiger partial charge in [0.1, 0.15) is 0 Å². The minimum Gasteiger partial charge on any atom is -0.389 e. The van der Waals surface area contributed by atoms with E-state index >= 15 is 0 Å². The van der Waals surface area contributed by atoms with Crippen LogP contribution in [0.5, 0.6) is 0 Å².